The van der Waals surface area contributed by atoms with Gasteiger partial charge in [0, 0.05) is 30.6 Å². The Balaban J connectivity index is 1.96. The van der Waals surface area contributed by atoms with E-state index in [1.54, 1.807) is 29.5 Å². The van der Waals surface area contributed by atoms with Crippen molar-refractivity contribution in [3.63, 3.8) is 0 Å². The smallest absolute Gasteiger partial charge is 0.317 e. The summed E-state index contributed by atoms with van der Waals surface area (Å²) in [6.45, 7) is 2.41. The van der Waals surface area contributed by atoms with E-state index in [4.69, 9.17) is 5.11 Å². The van der Waals surface area contributed by atoms with Crippen LogP contribution >= 0.6 is 11.3 Å². The highest BCUT2D eigenvalue weighted by atomic mass is 32.1. The standard InChI is InChI=1S/C18H23N3O3S/c1-13-19-11-16(25-13)12-21(2)18(24)20-15(8-9-17(22)23)10-14-6-4-3-5-7-14/h3-7,11,15H,8-10,12H2,1-2H3,(H,20,24)(H,22,23). The highest BCUT2D eigenvalue weighted by molar-refractivity contribution is 7.11. The molecule has 134 valence electrons. The number of carbonyl (C=O) groups is 2. The fraction of sp³-hybridized carbons (Fsp3) is 0.389. The van der Waals surface area contributed by atoms with E-state index in [2.05, 4.69) is 10.3 Å². The number of urea groups is 1. The topological polar surface area (TPSA) is 82.5 Å². The van der Waals surface area contributed by atoms with Crippen LogP contribution in [0.2, 0.25) is 0 Å². The maximum Gasteiger partial charge on any atom is 0.317 e. The van der Waals surface area contributed by atoms with Crippen LogP contribution in [0.5, 0.6) is 0 Å². The minimum atomic E-state index is -0.860. The van der Waals surface area contributed by atoms with Crippen molar-refractivity contribution in [1.82, 2.24) is 15.2 Å². The second kappa shape index (κ2) is 9.17. The second-order valence-corrected chi connectivity index (χ2v) is 7.29. The van der Waals surface area contributed by atoms with E-state index < -0.39 is 5.97 Å². The minimum absolute atomic E-state index is 0.0233. The third-order valence-electron chi connectivity index (χ3n) is 3.77. The number of aryl methyl sites for hydroxylation is 1. The molecule has 1 atom stereocenters. The monoisotopic (exact) mass is 361 g/mol. The van der Waals surface area contributed by atoms with Gasteiger partial charge in [-0.05, 0) is 25.3 Å². The third kappa shape index (κ3) is 6.54. The molecule has 0 radical (unpaired) electrons. The minimum Gasteiger partial charge on any atom is -0.481 e. The van der Waals surface area contributed by atoms with Gasteiger partial charge in [0.2, 0.25) is 0 Å². The van der Waals surface area contributed by atoms with Crippen molar-refractivity contribution in [2.45, 2.75) is 38.8 Å². The molecular formula is C18H23N3O3S. The summed E-state index contributed by atoms with van der Waals surface area (Å²) in [5.74, 6) is -0.860. The van der Waals surface area contributed by atoms with Gasteiger partial charge in [0.05, 0.1) is 11.6 Å². The van der Waals surface area contributed by atoms with Gasteiger partial charge >= 0.3 is 12.0 Å². The van der Waals surface area contributed by atoms with Gasteiger partial charge in [-0.15, -0.1) is 11.3 Å². The van der Waals surface area contributed by atoms with Gasteiger partial charge in [0.25, 0.3) is 0 Å². The van der Waals surface area contributed by atoms with Crippen LogP contribution in [-0.4, -0.2) is 40.1 Å². The lowest BCUT2D eigenvalue weighted by Crippen LogP contribution is -2.43. The largest absolute Gasteiger partial charge is 0.481 e. The van der Waals surface area contributed by atoms with Crippen molar-refractivity contribution in [3.05, 3.63) is 52.0 Å². The van der Waals surface area contributed by atoms with Crippen molar-refractivity contribution < 1.29 is 14.7 Å². The average Bonchev–Trinajstić information content (AvgIpc) is 2.98. The molecule has 2 amide bonds. The molecule has 0 aliphatic rings. The summed E-state index contributed by atoms with van der Waals surface area (Å²) in [6.07, 6.45) is 2.79. The Morgan fingerprint density at radius 3 is 2.64 bits per heavy atom. The number of carbonyl (C=O) groups excluding carboxylic acids is 1. The number of nitrogens with one attached hydrogen (secondary N) is 1. The highest BCUT2D eigenvalue weighted by Gasteiger charge is 2.18. The Labute approximate surface area is 151 Å². The summed E-state index contributed by atoms with van der Waals surface area (Å²) in [5, 5.41) is 12.9. The van der Waals surface area contributed by atoms with Crippen LogP contribution < -0.4 is 5.32 Å². The number of rotatable bonds is 8. The average molecular weight is 361 g/mol. The summed E-state index contributed by atoms with van der Waals surface area (Å²) in [5.41, 5.74) is 1.07. The van der Waals surface area contributed by atoms with Gasteiger partial charge in [0.15, 0.2) is 0 Å². The van der Waals surface area contributed by atoms with E-state index in [9.17, 15) is 9.59 Å². The third-order valence-corrected chi connectivity index (χ3v) is 4.67. The lowest BCUT2D eigenvalue weighted by atomic mass is 10.0. The fourth-order valence-electron chi connectivity index (χ4n) is 2.49. The van der Waals surface area contributed by atoms with E-state index in [1.807, 2.05) is 37.3 Å². The lowest BCUT2D eigenvalue weighted by molar-refractivity contribution is -0.137. The molecule has 25 heavy (non-hydrogen) atoms. The Morgan fingerprint density at radius 1 is 1.32 bits per heavy atom. The molecule has 0 aliphatic heterocycles. The molecule has 0 bridgehead atoms. The van der Waals surface area contributed by atoms with Crippen LogP contribution in [0.15, 0.2) is 36.5 Å². The molecule has 2 N–H and O–H groups in total. The van der Waals surface area contributed by atoms with Crippen molar-refractivity contribution in [3.8, 4) is 0 Å². The normalized spacial score (nSPS) is 11.8. The van der Waals surface area contributed by atoms with Gasteiger partial charge in [0.1, 0.15) is 0 Å². The predicted molar refractivity (Wildman–Crippen MR) is 97.7 cm³/mol. The number of hydrogen-bond acceptors (Lipinski definition) is 4. The molecule has 0 spiro atoms. The fourth-order valence-corrected chi connectivity index (χ4v) is 3.34. The number of aromatic nitrogens is 1. The molecule has 6 nitrogen and oxygen atoms in total. The van der Waals surface area contributed by atoms with Crippen molar-refractivity contribution in [1.29, 1.82) is 0 Å². The Kier molecular flexibility index (Phi) is 6.94. The van der Waals surface area contributed by atoms with Gasteiger partial charge < -0.3 is 15.3 Å². The molecule has 0 saturated heterocycles. The molecule has 0 fully saturated rings. The van der Waals surface area contributed by atoms with Crippen LogP contribution in [0.4, 0.5) is 4.79 Å². The summed E-state index contributed by atoms with van der Waals surface area (Å²) < 4.78 is 0. The highest BCUT2D eigenvalue weighted by Crippen LogP contribution is 2.14. The molecule has 1 unspecified atom stereocenters. The Bertz CT molecular complexity index is 703. The summed E-state index contributed by atoms with van der Waals surface area (Å²) in [6, 6.07) is 9.31. The van der Waals surface area contributed by atoms with Gasteiger partial charge in [-0.2, -0.15) is 0 Å². The Morgan fingerprint density at radius 2 is 2.04 bits per heavy atom. The number of amides is 2. The van der Waals surface area contributed by atoms with Crippen LogP contribution in [0.1, 0.15) is 28.3 Å². The van der Waals surface area contributed by atoms with Crippen molar-refractivity contribution in [2.75, 3.05) is 7.05 Å². The molecule has 0 aliphatic carbocycles. The van der Waals surface area contributed by atoms with Crippen molar-refractivity contribution in [2.24, 2.45) is 0 Å². The van der Waals surface area contributed by atoms with Crippen LogP contribution in [-0.2, 0) is 17.8 Å². The molecule has 2 rings (SSSR count). The predicted octanol–water partition coefficient (Wildman–Crippen LogP) is 3.07. The van der Waals surface area contributed by atoms with E-state index in [0.29, 0.717) is 19.4 Å². The summed E-state index contributed by atoms with van der Waals surface area (Å²) in [7, 11) is 1.72. The van der Waals surface area contributed by atoms with Crippen LogP contribution in [0.3, 0.4) is 0 Å². The molecule has 1 aromatic heterocycles. The molecule has 1 heterocycles. The zero-order valence-electron chi connectivity index (χ0n) is 14.4. The SMILES string of the molecule is Cc1ncc(CN(C)C(=O)NC(CCC(=O)O)Cc2ccccc2)s1. The molecular weight excluding hydrogens is 338 g/mol. The lowest BCUT2D eigenvalue weighted by Gasteiger charge is -2.23. The van der Waals surface area contributed by atoms with Gasteiger partial charge in [-0.3, -0.25) is 4.79 Å². The van der Waals surface area contributed by atoms with Gasteiger partial charge in [-0.1, -0.05) is 30.3 Å². The zero-order chi connectivity index (χ0) is 18.2. The first kappa shape index (κ1) is 18.9. The van der Waals surface area contributed by atoms with E-state index in [-0.39, 0.29) is 18.5 Å². The number of hydrogen-bond donors (Lipinski definition) is 2. The van der Waals surface area contributed by atoms with Crippen LogP contribution in [0.25, 0.3) is 0 Å². The number of thiazole rings is 1. The second-order valence-electron chi connectivity index (χ2n) is 5.97. The van der Waals surface area contributed by atoms with E-state index in [0.717, 1.165) is 15.4 Å². The number of nitrogens with zero attached hydrogens (tertiary/aromatic N) is 2. The summed E-state index contributed by atoms with van der Waals surface area (Å²) in [4.78, 5) is 30.1. The van der Waals surface area contributed by atoms with Gasteiger partial charge in [-0.25, -0.2) is 9.78 Å². The first-order chi connectivity index (χ1) is 11.9. The Hall–Kier alpha value is -2.41. The van der Waals surface area contributed by atoms with E-state index >= 15 is 0 Å². The maximum atomic E-state index is 12.5. The number of aliphatic carboxylic acids is 1. The molecule has 7 heteroatoms. The first-order valence-electron chi connectivity index (χ1n) is 8.12. The van der Waals surface area contributed by atoms with Crippen LogP contribution in [0, 0.1) is 6.92 Å². The number of carboxylic acids is 1. The maximum absolute atomic E-state index is 12.5. The summed E-state index contributed by atoms with van der Waals surface area (Å²) >= 11 is 1.56. The van der Waals surface area contributed by atoms with Crippen molar-refractivity contribution >= 4 is 23.3 Å². The quantitative estimate of drug-likeness (QED) is 0.757. The first-order valence-corrected chi connectivity index (χ1v) is 8.94. The zero-order valence-corrected chi connectivity index (χ0v) is 15.3. The number of carboxylic acid groups (broad SMARTS) is 1. The molecule has 1 aromatic carbocycles. The van der Waals surface area contributed by atoms with E-state index in [1.165, 1.54) is 0 Å². The molecule has 0 saturated carbocycles. The molecule has 2 aromatic rings. The number of benzene rings is 1.